The van der Waals surface area contributed by atoms with Gasteiger partial charge in [-0.15, -0.1) is 0 Å². The first-order chi connectivity index (χ1) is 13.2. The minimum absolute atomic E-state index is 0.133. The highest BCUT2D eigenvalue weighted by molar-refractivity contribution is 9.10. The number of nitrogens with zero attached hydrogens (tertiary/aromatic N) is 2. The maximum Gasteiger partial charge on any atom is 0.230 e. The first-order valence-electron chi connectivity index (χ1n) is 9.24. The number of nitrogens with one attached hydrogen (secondary N) is 1. The zero-order valence-electron chi connectivity index (χ0n) is 15.1. The fourth-order valence-corrected chi connectivity index (χ4v) is 4.02. The molecule has 3 aromatic rings. The van der Waals surface area contributed by atoms with E-state index in [0.29, 0.717) is 6.54 Å². The van der Waals surface area contributed by atoms with Gasteiger partial charge in [-0.2, -0.15) is 0 Å². The average molecular weight is 424 g/mol. The molecule has 1 saturated carbocycles. The lowest BCUT2D eigenvalue weighted by Gasteiger charge is -2.40. The van der Waals surface area contributed by atoms with Gasteiger partial charge < -0.3 is 9.88 Å². The third-order valence-corrected chi connectivity index (χ3v) is 6.04. The summed E-state index contributed by atoms with van der Waals surface area (Å²) in [6.45, 7) is 1.30. The zero-order chi connectivity index (χ0) is 18.7. The molecule has 2 aromatic carbocycles. The van der Waals surface area contributed by atoms with Crippen molar-refractivity contribution < 1.29 is 4.79 Å². The summed E-state index contributed by atoms with van der Waals surface area (Å²) >= 11 is 3.48. The molecule has 1 heterocycles. The maximum atomic E-state index is 13.1. The van der Waals surface area contributed by atoms with Gasteiger partial charge >= 0.3 is 0 Å². The van der Waals surface area contributed by atoms with E-state index in [1.54, 1.807) is 6.20 Å². The number of aromatic nitrogens is 2. The van der Waals surface area contributed by atoms with Crippen LogP contribution in [0.15, 0.2) is 71.7 Å². The molecule has 0 saturated heterocycles. The Bertz CT molecular complexity index is 915. The van der Waals surface area contributed by atoms with Crippen molar-refractivity contribution in [2.45, 2.75) is 37.8 Å². The molecule has 0 spiro atoms. The van der Waals surface area contributed by atoms with E-state index in [1.807, 2.05) is 41.4 Å². The van der Waals surface area contributed by atoms with Crippen molar-refractivity contribution in [1.82, 2.24) is 14.9 Å². The van der Waals surface area contributed by atoms with Gasteiger partial charge in [0.15, 0.2) is 0 Å². The molecule has 4 rings (SSSR count). The molecule has 0 radical (unpaired) electrons. The molecule has 0 bridgehead atoms. The monoisotopic (exact) mass is 423 g/mol. The van der Waals surface area contributed by atoms with Crippen molar-refractivity contribution in [3.05, 3.63) is 88.4 Å². The van der Waals surface area contributed by atoms with Crippen LogP contribution in [0, 0.1) is 0 Å². The number of benzene rings is 2. The Labute approximate surface area is 167 Å². The van der Waals surface area contributed by atoms with E-state index in [0.717, 1.165) is 41.4 Å². The average Bonchev–Trinajstić information content (AvgIpc) is 3.15. The van der Waals surface area contributed by atoms with Gasteiger partial charge in [0, 0.05) is 30.0 Å². The lowest BCUT2D eigenvalue weighted by Crippen LogP contribution is -2.49. The smallest absolute Gasteiger partial charge is 0.230 e. The fraction of sp³-hybridized carbons (Fsp3) is 0.273. The predicted octanol–water partition coefficient (Wildman–Crippen LogP) is 4.43. The quantitative estimate of drug-likeness (QED) is 0.637. The SMILES string of the molecule is O=C(NCc1ccccc1Cn1ccnc1)C1(c2ccc(Br)cc2)CCC1. The summed E-state index contributed by atoms with van der Waals surface area (Å²) in [6.07, 6.45) is 8.47. The highest BCUT2D eigenvalue weighted by atomic mass is 79.9. The lowest BCUT2D eigenvalue weighted by atomic mass is 9.64. The molecule has 1 aromatic heterocycles. The van der Waals surface area contributed by atoms with Gasteiger partial charge in [-0.25, -0.2) is 4.98 Å². The molecule has 1 amide bonds. The summed E-state index contributed by atoms with van der Waals surface area (Å²) in [7, 11) is 0. The second-order valence-electron chi connectivity index (χ2n) is 7.13. The molecule has 5 heteroatoms. The fourth-order valence-electron chi connectivity index (χ4n) is 3.75. The van der Waals surface area contributed by atoms with Crippen LogP contribution < -0.4 is 5.32 Å². The number of halogens is 1. The van der Waals surface area contributed by atoms with Gasteiger partial charge in [-0.3, -0.25) is 4.79 Å². The number of carbonyl (C=O) groups excluding carboxylic acids is 1. The van der Waals surface area contributed by atoms with E-state index < -0.39 is 0 Å². The summed E-state index contributed by atoms with van der Waals surface area (Å²) in [5.41, 5.74) is 3.08. The van der Waals surface area contributed by atoms with Crippen molar-refractivity contribution in [1.29, 1.82) is 0 Å². The van der Waals surface area contributed by atoms with Crippen LogP contribution in [0.25, 0.3) is 0 Å². The molecule has 0 unspecified atom stereocenters. The van der Waals surface area contributed by atoms with Crippen LogP contribution in [-0.4, -0.2) is 15.5 Å². The minimum atomic E-state index is -0.375. The number of hydrogen-bond acceptors (Lipinski definition) is 2. The van der Waals surface area contributed by atoms with E-state index in [-0.39, 0.29) is 11.3 Å². The molecule has 4 nitrogen and oxygen atoms in total. The largest absolute Gasteiger partial charge is 0.351 e. The molecular formula is C22H22BrN3O. The highest BCUT2D eigenvalue weighted by Crippen LogP contribution is 2.44. The summed E-state index contributed by atoms with van der Waals surface area (Å²) < 4.78 is 3.07. The van der Waals surface area contributed by atoms with Gasteiger partial charge in [0.2, 0.25) is 5.91 Å². The van der Waals surface area contributed by atoms with Crippen LogP contribution in [0.4, 0.5) is 0 Å². The van der Waals surface area contributed by atoms with Crippen LogP contribution in [0.3, 0.4) is 0 Å². The van der Waals surface area contributed by atoms with Crippen LogP contribution in [0.2, 0.25) is 0 Å². The summed E-state index contributed by atoms with van der Waals surface area (Å²) in [5.74, 6) is 0.133. The normalized spacial score (nSPS) is 15.1. The van der Waals surface area contributed by atoms with Crippen LogP contribution in [0.1, 0.15) is 36.0 Å². The zero-order valence-corrected chi connectivity index (χ0v) is 16.7. The molecule has 1 aliphatic carbocycles. The standard InChI is InChI=1S/C22H22BrN3O/c23-20-8-6-19(7-9-20)22(10-3-11-22)21(27)25-14-17-4-1-2-5-18(17)15-26-13-12-24-16-26/h1-2,4-9,12-13,16H,3,10-11,14-15H2,(H,25,27). The number of amides is 1. The van der Waals surface area contributed by atoms with Gasteiger partial charge in [-0.05, 0) is 41.7 Å². The number of hydrogen-bond donors (Lipinski definition) is 1. The van der Waals surface area contributed by atoms with Crippen molar-refractivity contribution in [2.75, 3.05) is 0 Å². The van der Waals surface area contributed by atoms with Crippen LogP contribution >= 0.6 is 15.9 Å². The molecular weight excluding hydrogens is 402 g/mol. The third kappa shape index (κ3) is 3.69. The van der Waals surface area contributed by atoms with Gasteiger partial charge in [0.25, 0.3) is 0 Å². The Hall–Kier alpha value is -2.40. The third-order valence-electron chi connectivity index (χ3n) is 5.51. The van der Waals surface area contributed by atoms with Gasteiger partial charge in [-0.1, -0.05) is 58.7 Å². The van der Waals surface area contributed by atoms with E-state index in [2.05, 4.69) is 50.5 Å². The molecule has 1 aliphatic rings. The van der Waals surface area contributed by atoms with E-state index in [4.69, 9.17) is 0 Å². The topological polar surface area (TPSA) is 46.9 Å². The number of rotatable bonds is 6. The molecule has 138 valence electrons. The first-order valence-corrected chi connectivity index (χ1v) is 10.0. The Morgan fingerprint density at radius 2 is 1.85 bits per heavy atom. The Morgan fingerprint density at radius 3 is 2.48 bits per heavy atom. The lowest BCUT2D eigenvalue weighted by molar-refractivity contribution is -0.130. The summed E-state index contributed by atoms with van der Waals surface area (Å²) in [6, 6.07) is 16.4. The van der Waals surface area contributed by atoms with Crippen LogP contribution in [-0.2, 0) is 23.3 Å². The number of carbonyl (C=O) groups is 1. The predicted molar refractivity (Wildman–Crippen MR) is 109 cm³/mol. The second kappa shape index (κ2) is 7.69. The maximum absolute atomic E-state index is 13.1. The molecule has 1 N–H and O–H groups in total. The molecule has 27 heavy (non-hydrogen) atoms. The van der Waals surface area contributed by atoms with Crippen molar-refractivity contribution in [3.8, 4) is 0 Å². The highest BCUT2D eigenvalue weighted by Gasteiger charge is 2.45. The van der Waals surface area contributed by atoms with Crippen molar-refractivity contribution >= 4 is 21.8 Å². The minimum Gasteiger partial charge on any atom is -0.351 e. The van der Waals surface area contributed by atoms with Crippen molar-refractivity contribution in [3.63, 3.8) is 0 Å². The Kier molecular flexibility index (Phi) is 5.12. The van der Waals surface area contributed by atoms with Crippen LogP contribution in [0.5, 0.6) is 0 Å². The van der Waals surface area contributed by atoms with E-state index in [9.17, 15) is 4.79 Å². The van der Waals surface area contributed by atoms with E-state index >= 15 is 0 Å². The first kappa shape index (κ1) is 18.0. The van der Waals surface area contributed by atoms with Gasteiger partial charge in [0.1, 0.15) is 0 Å². The Morgan fingerprint density at radius 1 is 1.11 bits per heavy atom. The molecule has 0 aliphatic heterocycles. The Balaban J connectivity index is 1.48. The number of imidazole rings is 1. The summed E-state index contributed by atoms with van der Waals surface area (Å²) in [4.78, 5) is 17.2. The second-order valence-corrected chi connectivity index (χ2v) is 8.04. The molecule has 0 atom stereocenters. The summed E-state index contributed by atoms with van der Waals surface area (Å²) in [5, 5.41) is 3.20. The van der Waals surface area contributed by atoms with Crippen molar-refractivity contribution in [2.24, 2.45) is 0 Å². The van der Waals surface area contributed by atoms with E-state index in [1.165, 1.54) is 5.56 Å². The molecule has 1 fully saturated rings. The van der Waals surface area contributed by atoms with Gasteiger partial charge in [0.05, 0.1) is 11.7 Å².